The van der Waals surface area contributed by atoms with Gasteiger partial charge in [-0.3, -0.25) is 4.55 Å². The molecule has 1 aromatic heterocycles. The molecule has 1 rings (SSSR count). The van der Waals surface area contributed by atoms with Gasteiger partial charge >= 0.3 is 21.8 Å². The number of aromatic nitrogens is 2. The fourth-order valence-corrected chi connectivity index (χ4v) is 1.35. The van der Waals surface area contributed by atoms with Crippen LogP contribution in [0.15, 0.2) is 12.4 Å². The molecular formula is C10H17F4N2O3S+. The highest BCUT2D eigenvalue weighted by atomic mass is 32.2. The van der Waals surface area contributed by atoms with Crippen molar-refractivity contribution in [2.45, 2.75) is 44.9 Å². The summed E-state index contributed by atoms with van der Waals surface area (Å²) in [7, 11) is -5.98. The lowest BCUT2D eigenvalue weighted by Crippen LogP contribution is -2.35. The molecule has 0 atom stereocenters. The summed E-state index contributed by atoms with van der Waals surface area (Å²) in [5, 5.41) is -5.37. The summed E-state index contributed by atoms with van der Waals surface area (Å²) in [5.41, 5.74) is 0. The van der Waals surface area contributed by atoms with E-state index in [9.17, 15) is 26.0 Å². The predicted octanol–water partition coefficient (Wildman–Crippen LogP) is 2.14. The minimum atomic E-state index is -5.98. The van der Waals surface area contributed by atoms with Crippen LogP contribution in [-0.2, 0) is 16.7 Å². The number of hydrogen-bond acceptors (Lipinski definition) is 2. The van der Waals surface area contributed by atoms with Crippen LogP contribution in [0.3, 0.4) is 0 Å². The molecule has 0 aromatic carbocycles. The molecule has 0 radical (unpaired) electrons. The van der Waals surface area contributed by atoms with Gasteiger partial charge in [0.25, 0.3) is 5.82 Å². The number of hydrogen-bond donors (Lipinski definition) is 2. The average Bonchev–Trinajstić information content (AvgIpc) is 2.71. The Balaban J connectivity index is 0.000000361. The van der Waals surface area contributed by atoms with Crippen LogP contribution in [0.25, 0.3) is 0 Å². The SMILES string of the molecule is CCCC[n+]1cc[nH]c1C.O=S(=O)(O)C(F)(F)C(F)F. The minimum Gasteiger partial charge on any atom is -0.281 e. The second kappa shape index (κ2) is 7.58. The summed E-state index contributed by atoms with van der Waals surface area (Å²) in [4.78, 5) is 3.14. The zero-order valence-electron chi connectivity index (χ0n) is 11.0. The van der Waals surface area contributed by atoms with Crippen LogP contribution in [0.4, 0.5) is 17.6 Å². The molecule has 1 heterocycles. The number of unbranched alkanes of at least 4 members (excludes halogenated alkanes) is 1. The van der Waals surface area contributed by atoms with Gasteiger partial charge in [-0.2, -0.15) is 17.2 Å². The maximum atomic E-state index is 11.5. The van der Waals surface area contributed by atoms with Crippen LogP contribution < -0.4 is 4.57 Å². The summed E-state index contributed by atoms with van der Waals surface area (Å²) in [5.74, 6) is 1.24. The Hall–Kier alpha value is -1.16. The standard InChI is InChI=1S/C8H14N2.C2H2F4O3S/c1-3-4-6-10-7-5-9-8(10)2;3-1(4)2(5,6)10(7,8)9/h5,7H,3-4,6H2,1-2H3;1H,(H,7,8,9)/p+1. The van der Waals surface area contributed by atoms with Gasteiger partial charge in [0.15, 0.2) is 0 Å². The van der Waals surface area contributed by atoms with E-state index in [0.717, 1.165) is 6.54 Å². The van der Waals surface area contributed by atoms with Crippen molar-refractivity contribution in [1.82, 2.24) is 4.98 Å². The minimum absolute atomic E-state index is 1.14. The first-order valence-electron chi connectivity index (χ1n) is 5.70. The Labute approximate surface area is 114 Å². The third-order valence-electron chi connectivity index (χ3n) is 2.33. The van der Waals surface area contributed by atoms with Crippen molar-refractivity contribution in [2.75, 3.05) is 0 Å². The topological polar surface area (TPSA) is 74.0 Å². The predicted molar refractivity (Wildman–Crippen MR) is 63.1 cm³/mol. The van der Waals surface area contributed by atoms with Gasteiger partial charge in [-0.05, 0) is 6.42 Å². The molecule has 0 spiro atoms. The van der Waals surface area contributed by atoms with E-state index in [1.165, 1.54) is 18.7 Å². The van der Waals surface area contributed by atoms with E-state index in [0.29, 0.717) is 0 Å². The van der Waals surface area contributed by atoms with Crippen molar-refractivity contribution < 1.29 is 35.1 Å². The Morgan fingerprint density at radius 3 is 2.25 bits per heavy atom. The van der Waals surface area contributed by atoms with Crippen molar-refractivity contribution in [3.63, 3.8) is 0 Å². The van der Waals surface area contributed by atoms with Gasteiger partial charge in [0.05, 0.1) is 6.54 Å². The molecule has 118 valence electrons. The number of alkyl halides is 4. The van der Waals surface area contributed by atoms with Gasteiger partial charge in [0, 0.05) is 6.92 Å². The molecule has 0 aliphatic rings. The Morgan fingerprint density at radius 2 is 2.00 bits per heavy atom. The second-order valence-corrected chi connectivity index (χ2v) is 5.42. The van der Waals surface area contributed by atoms with E-state index >= 15 is 0 Å². The summed E-state index contributed by atoms with van der Waals surface area (Å²) < 4.78 is 73.5. The van der Waals surface area contributed by atoms with Gasteiger partial charge < -0.3 is 0 Å². The molecule has 2 N–H and O–H groups in total. The number of imidazole rings is 1. The Kier molecular flexibility index (Phi) is 7.14. The number of H-pyrrole nitrogens is 1. The van der Waals surface area contributed by atoms with Crippen LogP contribution in [0.5, 0.6) is 0 Å². The molecule has 1 aromatic rings. The molecule has 0 bridgehead atoms. The molecule has 0 aliphatic heterocycles. The van der Waals surface area contributed by atoms with E-state index in [4.69, 9.17) is 4.55 Å². The lowest BCUT2D eigenvalue weighted by atomic mass is 10.3. The fraction of sp³-hybridized carbons (Fsp3) is 0.700. The molecule has 0 amide bonds. The first-order chi connectivity index (χ1) is 9.04. The van der Waals surface area contributed by atoms with E-state index in [2.05, 4.69) is 29.6 Å². The molecule has 5 nitrogen and oxygen atoms in total. The summed E-state index contributed by atoms with van der Waals surface area (Å²) in [6.45, 7) is 5.45. The van der Waals surface area contributed by atoms with Crippen LogP contribution in [0, 0.1) is 6.92 Å². The highest BCUT2D eigenvalue weighted by Gasteiger charge is 2.53. The molecule has 20 heavy (non-hydrogen) atoms. The number of nitrogens with zero attached hydrogens (tertiary/aromatic N) is 1. The molecular weight excluding hydrogens is 304 g/mol. The lowest BCUT2D eigenvalue weighted by Gasteiger charge is -2.09. The average molecular weight is 321 g/mol. The van der Waals surface area contributed by atoms with Crippen LogP contribution in [-0.4, -0.2) is 29.6 Å². The maximum Gasteiger partial charge on any atom is 0.428 e. The molecule has 0 fully saturated rings. The quantitative estimate of drug-likeness (QED) is 0.496. The summed E-state index contributed by atoms with van der Waals surface area (Å²) >= 11 is 0. The van der Waals surface area contributed by atoms with Crippen molar-refractivity contribution in [3.05, 3.63) is 18.2 Å². The molecule has 0 saturated carbocycles. The molecule has 0 saturated heterocycles. The first kappa shape index (κ1) is 18.8. The van der Waals surface area contributed by atoms with E-state index in [1.54, 1.807) is 0 Å². The van der Waals surface area contributed by atoms with Gasteiger partial charge in [0.2, 0.25) is 0 Å². The maximum absolute atomic E-state index is 11.5. The number of nitrogens with one attached hydrogen (secondary N) is 1. The Bertz CT molecular complexity index is 502. The summed E-state index contributed by atoms with van der Waals surface area (Å²) in [6, 6.07) is 0. The second-order valence-electron chi connectivity index (χ2n) is 3.93. The van der Waals surface area contributed by atoms with Crippen molar-refractivity contribution >= 4 is 10.1 Å². The van der Waals surface area contributed by atoms with Crippen LogP contribution in [0.2, 0.25) is 0 Å². The number of halogens is 4. The zero-order valence-corrected chi connectivity index (χ0v) is 11.8. The third kappa shape index (κ3) is 5.45. The highest BCUT2D eigenvalue weighted by Crippen LogP contribution is 2.27. The van der Waals surface area contributed by atoms with Gasteiger partial charge in [-0.25, -0.2) is 18.3 Å². The number of rotatable bonds is 5. The van der Waals surface area contributed by atoms with Gasteiger partial charge in [-0.15, -0.1) is 0 Å². The van der Waals surface area contributed by atoms with Crippen molar-refractivity contribution in [1.29, 1.82) is 0 Å². The lowest BCUT2D eigenvalue weighted by molar-refractivity contribution is -0.701. The van der Waals surface area contributed by atoms with Crippen molar-refractivity contribution in [2.24, 2.45) is 0 Å². The third-order valence-corrected chi connectivity index (χ3v) is 3.19. The largest absolute Gasteiger partial charge is 0.428 e. The van der Waals surface area contributed by atoms with Crippen molar-refractivity contribution in [3.8, 4) is 0 Å². The smallest absolute Gasteiger partial charge is 0.281 e. The number of aromatic amines is 1. The fourth-order valence-electron chi connectivity index (χ4n) is 1.13. The number of aryl methyl sites for hydroxylation is 2. The molecule has 10 heteroatoms. The van der Waals surface area contributed by atoms with Crippen LogP contribution in [0.1, 0.15) is 25.6 Å². The summed E-state index contributed by atoms with van der Waals surface area (Å²) in [6.07, 6.45) is 2.18. The van der Waals surface area contributed by atoms with E-state index in [1.807, 2.05) is 6.20 Å². The highest BCUT2D eigenvalue weighted by molar-refractivity contribution is 7.86. The normalized spacial score (nSPS) is 12.2. The van der Waals surface area contributed by atoms with E-state index in [-0.39, 0.29) is 0 Å². The van der Waals surface area contributed by atoms with Crippen LogP contribution >= 0.6 is 0 Å². The van der Waals surface area contributed by atoms with Gasteiger partial charge in [0.1, 0.15) is 12.4 Å². The zero-order chi connectivity index (χ0) is 16.0. The monoisotopic (exact) mass is 321 g/mol. The van der Waals surface area contributed by atoms with Gasteiger partial charge in [-0.1, -0.05) is 13.3 Å². The Morgan fingerprint density at radius 1 is 1.45 bits per heavy atom. The molecule has 0 unspecified atom stereocenters. The first-order valence-corrected chi connectivity index (χ1v) is 7.14. The van der Waals surface area contributed by atoms with E-state index < -0.39 is 21.8 Å². The molecule has 0 aliphatic carbocycles.